The standard InChI is InChI=1S/C24H35N7O6S/c1-38(36,37)30-12-10-28(11-13-30)19-14-20(21(32)27-18-4-2-17(3-5-18)23(34)35)31(15-19)22(33)16-6-8-29(9-7-16)24(25)26/h2-5,16,19-20H,6-15H2,1H3,(H3,25,26)(H,27,32)(H,34,35). The van der Waals surface area contributed by atoms with Crippen LogP contribution in [-0.4, -0.2) is 120 Å². The Morgan fingerprint density at radius 2 is 1.63 bits per heavy atom. The Kier molecular flexibility index (Phi) is 8.23. The lowest BCUT2D eigenvalue weighted by Crippen LogP contribution is -2.52. The minimum Gasteiger partial charge on any atom is -0.478 e. The molecule has 38 heavy (non-hydrogen) atoms. The summed E-state index contributed by atoms with van der Waals surface area (Å²) in [5, 5.41) is 19.6. The average molecular weight is 550 g/mol. The van der Waals surface area contributed by atoms with Crippen molar-refractivity contribution in [1.82, 2.24) is 19.0 Å². The highest BCUT2D eigenvalue weighted by atomic mass is 32.2. The summed E-state index contributed by atoms with van der Waals surface area (Å²) in [6.07, 6.45) is 2.69. The number of rotatable bonds is 6. The van der Waals surface area contributed by atoms with E-state index in [-0.39, 0.29) is 35.3 Å². The highest BCUT2D eigenvalue weighted by Gasteiger charge is 2.44. The van der Waals surface area contributed by atoms with Gasteiger partial charge in [-0.15, -0.1) is 0 Å². The summed E-state index contributed by atoms with van der Waals surface area (Å²) in [6.45, 7) is 3.12. The molecule has 3 saturated heterocycles. The number of likely N-dealkylation sites (tertiary alicyclic amines) is 2. The van der Waals surface area contributed by atoms with Gasteiger partial charge < -0.3 is 26.0 Å². The fourth-order valence-corrected chi connectivity index (χ4v) is 6.32. The van der Waals surface area contributed by atoms with Crippen molar-refractivity contribution >= 4 is 39.5 Å². The van der Waals surface area contributed by atoms with Crippen LogP contribution in [0.3, 0.4) is 0 Å². The molecule has 0 spiro atoms. The molecule has 3 heterocycles. The molecule has 3 aliphatic heterocycles. The van der Waals surface area contributed by atoms with E-state index in [4.69, 9.17) is 16.2 Å². The van der Waals surface area contributed by atoms with Gasteiger partial charge in [-0.3, -0.25) is 19.9 Å². The summed E-state index contributed by atoms with van der Waals surface area (Å²) in [4.78, 5) is 43.7. The highest BCUT2D eigenvalue weighted by molar-refractivity contribution is 7.88. The fourth-order valence-electron chi connectivity index (χ4n) is 5.49. The molecule has 14 heteroatoms. The Labute approximate surface area is 222 Å². The highest BCUT2D eigenvalue weighted by Crippen LogP contribution is 2.29. The Bertz CT molecular complexity index is 1180. The summed E-state index contributed by atoms with van der Waals surface area (Å²) in [5.41, 5.74) is 6.13. The third kappa shape index (κ3) is 6.25. The third-order valence-corrected chi connectivity index (χ3v) is 9.01. The number of guanidine groups is 1. The summed E-state index contributed by atoms with van der Waals surface area (Å²) in [6, 6.07) is 5.03. The molecule has 208 valence electrons. The van der Waals surface area contributed by atoms with Crippen LogP contribution in [0.2, 0.25) is 0 Å². The number of nitrogens with two attached hydrogens (primary N) is 1. The van der Waals surface area contributed by atoms with Crippen molar-refractivity contribution in [1.29, 1.82) is 5.41 Å². The first-order valence-electron chi connectivity index (χ1n) is 12.7. The minimum absolute atomic E-state index is 0.0171. The first kappa shape index (κ1) is 27.8. The molecule has 0 aromatic heterocycles. The number of nitrogens with zero attached hydrogens (tertiary/aromatic N) is 4. The molecule has 13 nitrogen and oxygen atoms in total. The number of benzene rings is 1. The predicted molar refractivity (Wildman–Crippen MR) is 140 cm³/mol. The van der Waals surface area contributed by atoms with Gasteiger partial charge in [0.15, 0.2) is 5.96 Å². The van der Waals surface area contributed by atoms with E-state index in [1.807, 2.05) is 0 Å². The number of carboxylic acid groups (broad SMARTS) is 1. The van der Waals surface area contributed by atoms with Gasteiger partial charge in [0.2, 0.25) is 21.8 Å². The van der Waals surface area contributed by atoms with E-state index in [0.29, 0.717) is 70.8 Å². The lowest BCUT2D eigenvalue weighted by atomic mass is 9.95. The van der Waals surface area contributed by atoms with Gasteiger partial charge in [0.25, 0.3) is 0 Å². The number of hydrogen-bond donors (Lipinski definition) is 4. The predicted octanol–water partition coefficient (Wildman–Crippen LogP) is -0.525. The van der Waals surface area contributed by atoms with Crippen LogP contribution in [0.15, 0.2) is 24.3 Å². The molecule has 5 N–H and O–H groups in total. The number of aromatic carboxylic acids is 1. The lowest BCUT2D eigenvalue weighted by molar-refractivity contribution is -0.141. The zero-order valence-corrected chi connectivity index (χ0v) is 22.2. The van der Waals surface area contributed by atoms with Gasteiger partial charge in [-0.25, -0.2) is 13.2 Å². The van der Waals surface area contributed by atoms with Gasteiger partial charge in [0.1, 0.15) is 6.04 Å². The first-order chi connectivity index (χ1) is 17.9. The number of nitrogens with one attached hydrogen (secondary N) is 2. The zero-order valence-electron chi connectivity index (χ0n) is 21.4. The van der Waals surface area contributed by atoms with E-state index in [1.165, 1.54) is 34.8 Å². The molecule has 0 saturated carbocycles. The van der Waals surface area contributed by atoms with Crippen molar-refractivity contribution in [2.24, 2.45) is 11.7 Å². The van der Waals surface area contributed by atoms with Crippen LogP contribution in [0.4, 0.5) is 5.69 Å². The van der Waals surface area contributed by atoms with Crippen LogP contribution in [0.1, 0.15) is 29.6 Å². The maximum absolute atomic E-state index is 13.6. The third-order valence-electron chi connectivity index (χ3n) is 7.71. The van der Waals surface area contributed by atoms with Crippen LogP contribution in [0, 0.1) is 11.3 Å². The van der Waals surface area contributed by atoms with Crippen molar-refractivity contribution in [2.45, 2.75) is 31.3 Å². The van der Waals surface area contributed by atoms with E-state index >= 15 is 0 Å². The van der Waals surface area contributed by atoms with Gasteiger partial charge in [-0.1, -0.05) is 0 Å². The van der Waals surface area contributed by atoms with Gasteiger partial charge in [0, 0.05) is 63.5 Å². The molecule has 2 atom stereocenters. The van der Waals surface area contributed by atoms with E-state index in [1.54, 1.807) is 9.80 Å². The maximum Gasteiger partial charge on any atom is 0.335 e. The summed E-state index contributed by atoms with van der Waals surface area (Å²) < 4.78 is 25.3. The Balaban J connectivity index is 1.48. The average Bonchev–Trinajstić information content (AvgIpc) is 3.34. The monoisotopic (exact) mass is 549 g/mol. The van der Waals surface area contributed by atoms with Gasteiger partial charge in [-0.2, -0.15) is 4.31 Å². The Morgan fingerprint density at radius 1 is 1.03 bits per heavy atom. The molecular formula is C24H35N7O6S. The molecule has 3 aliphatic rings. The molecule has 0 radical (unpaired) electrons. The van der Waals surface area contributed by atoms with Crippen LogP contribution in [0.25, 0.3) is 0 Å². The second-order valence-corrected chi connectivity index (χ2v) is 12.1. The second kappa shape index (κ2) is 11.3. The number of sulfonamides is 1. The number of amides is 2. The number of carbonyl (C=O) groups is 3. The molecule has 0 bridgehead atoms. The van der Waals surface area contributed by atoms with Crippen molar-refractivity contribution in [2.75, 3.05) is 57.4 Å². The molecule has 2 amide bonds. The molecular weight excluding hydrogens is 514 g/mol. The van der Waals surface area contributed by atoms with Crippen LogP contribution in [0.5, 0.6) is 0 Å². The van der Waals surface area contributed by atoms with Gasteiger partial charge in [0.05, 0.1) is 11.8 Å². The van der Waals surface area contributed by atoms with Crippen LogP contribution >= 0.6 is 0 Å². The number of piperidine rings is 1. The normalized spacial score (nSPS) is 23.8. The van der Waals surface area contributed by atoms with E-state index in [2.05, 4.69) is 10.2 Å². The summed E-state index contributed by atoms with van der Waals surface area (Å²) in [7, 11) is -3.28. The molecule has 4 rings (SSSR count). The largest absolute Gasteiger partial charge is 0.478 e. The zero-order chi connectivity index (χ0) is 27.6. The molecule has 1 aromatic rings. The number of carbonyl (C=O) groups excluding carboxylic acids is 2. The minimum atomic E-state index is -3.28. The number of hydrogen-bond acceptors (Lipinski definition) is 7. The van der Waals surface area contributed by atoms with Crippen LogP contribution in [-0.2, 0) is 19.6 Å². The smallest absolute Gasteiger partial charge is 0.335 e. The lowest BCUT2D eigenvalue weighted by Gasteiger charge is -2.37. The molecule has 0 aliphatic carbocycles. The summed E-state index contributed by atoms with van der Waals surface area (Å²) in [5.74, 6) is -1.81. The van der Waals surface area contributed by atoms with Gasteiger partial charge >= 0.3 is 5.97 Å². The van der Waals surface area contributed by atoms with E-state index in [0.717, 1.165) is 0 Å². The van der Waals surface area contributed by atoms with E-state index < -0.39 is 22.0 Å². The Morgan fingerprint density at radius 3 is 2.16 bits per heavy atom. The number of carboxylic acids is 1. The molecule has 1 aromatic carbocycles. The quantitative estimate of drug-likeness (QED) is 0.268. The fraction of sp³-hybridized carbons (Fsp3) is 0.583. The topological polar surface area (TPSA) is 180 Å². The summed E-state index contributed by atoms with van der Waals surface area (Å²) >= 11 is 0. The molecule has 2 unspecified atom stereocenters. The van der Waals surface area contributed by atoms with Crippen molar-refractivity contribution in [3.8, 4) is 0 Å². The van der Waals surface area contributed by atoms with E-state index in [9.17, 15) is 22.8 Å². The Hall–Kier alpha value is -3.23. The number of anilines is 1. The first-order valence-corrected chi connectivity index (χ1v) is 14.5. The number of piperazine rings is 1. The second-order valence-electron chi connectivity index (χ2n) is 10.1. The molecule has 3 fully saturated rings. The van der Waals surface area contributed by atoms with Crippen molar-refractivity contribution in [3.05, 3.63) is 29.8 Å². The maximum atomic E-state index is 13.6. The van der Waals surface area contributed by atoms with Crippen molar-refractivity contribution in [3.63, 3.8) is 0 Å². The van der Waals surface area contributed by atoms with Gasteiger partial charge in [-0.05, 0) is 43.5 Å². The van der Waals surface area contributed by atoms with Crippen LogP contribution < -0.4 is 11.1 Å². The van der Waals surface area contributed by atoms with Crippen molar-refractivity contribution < 1.29 is 27.9 Å². The SMILES string of the molecule is CS(=O)(=O)N1CCN(C2CC(C(=O)Nc3ccc(C(=O)O)cc3)N(C(=O)C3CCN(C(=N)N)CC3)C2)CC1.